The van der Waals surface area contributed by atoms with E-state index in [1.165, 1.54) is 24.3 Å². The molecular formula is C31H20ClF6NO. The number of alkyl halides is 6. The van der Waals surface area contributed by atoms with Gasteiger partial charge in [-0.3, -0.25) is 0 Å². The van der Waals surface area contributed by atoms with E-state index in [-0.39, 0.29) is 33.0 Å². The maximum Gasteiger partial charge on any atom is 0.434 e. The molecule has 0 radical (unpaired) electrons. The first-order valence-corrected chi connectivity index (χ1v) is 12.5. The van der Waals surface area contributed by atoms with Crippen LogP contribution in [0.3, 0.4) is 0 Å². The number of benzene rings is 4. The predicted octanol–water partition coefficient (Wildman–Crippen LogP) is 10.1. The first-order chi connectivity index (χ1) is 18.9. The summed E-state index contributed by atoms with van der Waals surface area (Å²) in [5.74, 6) is 0.177. The summed E-state index contributed by atoms with van der Waals surface area (Å²) in [7, 11) is 0. The van der Waals surface area contributed by atoms with Gasteiger partial charge in [0, 0.05) is 27.1 Å². The number of aryl methyl sites for hydroxylation is 1. The van der Waals surface area contributed by atoms with Gasteiger partial charge in [-0.15, -0.1) is 0 Å². The summed E-state index contributed by atoms with van der Waals surface area (Å²) in [6.45, 7) is 1.27. The molecule has 0 aliphatic rings. The zero-order chi connectivity index (χ0) is 28.7. The highest BCUT2D eigenvalue weighted by Gasteiger charge is 2.38. The highest BCUT2D eigenvalue weighted by molar-refractivity contribution is 6.30. The van der Waals surface area contributed by atoms with E-state index >= 15 is 0 Å². The van der Waals surface area contributed by atoms with Gasteiger partial charge >= 0.3 is 12.4 Å². The van der Waals surface area contributed by atoms with Crippen LogP contribution in [0.15, 0.2) is 91.0 Å². The SMILES string of the molecule is Cc1ccccc1-c1c(C(F)(F)F)nc2ccccc2c1-c1cccc(OCc2cc(Cl)ccc2C(F)(F)F)c1. The topological polar surface area (TPSA) is 22.1 Å². The fourth-order valence-electron chi connectivity index (χ4n) is 4.69. The minimum absolute atomic E-state index is 0.0874. The second-order valence-corrected chi connectivity index (χ2v) is 9.59. The average Bonchev–Trinajstić information content (AvgIpc) is 2.90. The molecule has 5 rings (SSSR count). The van der Waals surface area contributed by atoms with Gasteiger partial charge in [0.25, 0.3) is 0 Å². The number of para-hydroxylation sites is 1. The van der Waals surface area contributed by atoms with Gasteiger partial charge in [-0.1, -0.05) is 66.2 Å². The van der Waals surface area contributed by atoms with Gasteiger partial charge in [0.15, 0.2) is 5.69 Å². The van der Waals surface area contributed by atoms with Crippen molar-refractivity contribution in [3.05, 3.63) is 118 Å². The van der Waals surface area contributed by atoms with Gasteiger partial charge in [0.1, 0.15) is 12.4 Å². The molecule has 0 saturated heterocycles. The smallest absolute Gasteiger partial charge is 0.434 e. The number of aromatic nitrogens is 1. The van der Waals surface area contributed by atoms with Crippen molar-refractivity contribution in [1.29, 1.82) is 0 Å². The van der Waals surface area contributed by atoms with Crippen LogP contribution >= 0.6 is 11.6 Å². The Kier molecular flexibility index (Phi) is 7.23. The monoisotopic (exact) mass is 571 g/mol. The predicted molar refractivity (Wildman–Crippen MR) is 143 cm³/mol. The first kappa shape index (κ1) is 27.5. The quantitative estimate of drug-likeness (QED) is 0.196. The van der Waals surface area contributed by atoms with E-state index < -0.39 is 30.2 Å². The number of pyridine rings is 1. The first-order valence-electron chi connectivity index (χ1n) is 12.1. The van der Waals surface area contributed by atoms with Crippen LogP contribution in [0.1, 0.15) is 22.4 Å². The Hall–Kier alpha value is -4.04. The maximum absolute atomic E-state index is 14.5. The summed E-state index contributed by atoms with van der Waals surface area (Å²) in [4.78, 5) is 4.01. The lowest BCUT2D eigenvalue weighted by atomic mass is 9.88. The number of rotatable bonds is 5. The summed E-state index contributed by atoms with van der Waals surface area (Å²) in [5.41, 5.74) is -0.348. The molecule has 1 heterocycles. The van der Waals surface area contributed by atoms with Gasteiger partial charge in [-0.2, -0.15) is 26.3 Å². The second kappa shape index (κ2) is 10.5. The van der Waals surface area contributed by atoms with Gasteiger partial charge in [0.2, 0.25) is 0 Å². The minimum Gasteiger partial charge on any atom is -0.489 e. The fraction of sp³-hybridized carbons (Fsp3) is 0.129. The Balaban J connectivity index is 1.68. The second-order valence-electron chi connectivity index (χ2n) is 9.16. The molecule has 0 amide bonds. The van der Waals surface area contributed by atoms with Crippen molar-refractivity contribution >= 4 is 22.5 Å². The molecule has 40 heavy (non-hydrogen) atoms. The lowest BCUT2D eigenvalue weighted by Crippen LogP contribution is -2.12. The van der Waals surface area contributed by atoms with Crippen LogP contribution in [0.5, 0.6) is 5.75 Å². The van der Waals surface area contributed by atoms with Crippen LogP contribution < -0.4 is 4.74 Å². The normalized spacial score (nSPS) is 12.1. The standard InChI is InChI=1S/C31H20ClF6NO/c1-18-7-2-3-10-23(18)28-27(24-11-4-5-12-26(24)39-29(28)31(36,37)38)19-8-6-9-22(16-19)40-17-20-15-21(32)13-14-25(20)30(33,34)35/h2-16H,17H2,1H3. The molecule has 0 aliphatic heterocycles. The number of nitrogens with zero attached hydrogens (tertiary/aromatic N) is 1. The van der Waals surface area contributed by atoms with Crippen LogP contribution in [0, 0.1) is 6.92 Å². The largest absolute Gasteiger partial charge is 0.489 e. The van der Waals surface area contributed by atoms with Gasteiger partial charge in [0.05, 0.1) is 11.1 Å². The molecular weight excluding hydrogens is 552 g/mol. The molecule has 4 aromatic carbocycles. The van der Waals surface area contributed by atoms with Crippen LogP contribution in [-0.4, -0.2) is 4.98 Å². The van der Waals surface area contributed by atoms with E-state index in [1.807, 2.05) is 0 Å². The Morgan fingerprint density at radius 1 is 0.750 bits per heavy atom. The summed E-state index contributed by atoms with van der Waals surface area (Å²) in [6.07, 6.45) is -9.37. The van der Waals surface area contributed by atoms with E-state index in [4.69, 9.17) is 16.3 Å². The van der Waals surface area contributed by atoms with Gasteiger partial charge in [-0.25, -0.2) is 4.98 Å². The molecule has 0 spiro atoms. The highest BCUT2D eigenvalue weighted by Crippen LogP contribution is 2.46. The van der Waals surface area contributed by atoms with Crippen LogP contribution in [-0.2, 0) is 19.0 Å². The third kappa shape index (κ3) is 5.49. The molecule has 0 saturated carbocycles. The molecule has 0 atom stereocenters. The van der Waals surface area contributed by atoms with Crippen LogP contribution in [0.25, 0.3) is 33.2 Å². The van der Waals surface area contributed by atoms with E-state index in [0.717, 1.165) is 12.1 Å². The van der Waals surface area contributed by atoms with E-state index in [1.54, 1.807) is 61.5 Å². The number of ether oxygens (including phenoxy) is 1. The summed E-state index contributed by atoms with van der Waals surface area (Å²) in [5, 5.41) is 0.603. The minimum atomic E-state index is -4.76. The fourth-order valence-corrected chi connectivity index (χ4v) is 4.89. The summed E-state index contributed by atoms with van der Waals surface area (Å²) < 4.78 is 89.6. The van der Waals surface area contributed by atoms with Crippen molar-refractivity contribution in [2.45, 2.75) is 25.9 Å². The van der Waals surface area contributed by atoms with E-state index in [9.17, 15) is 26.3 Å². The molecule has 2 nitrogen and oxygen atoms in total. The Morgan fingerprint density at radius 3 is 2.20 bits per heavy atom. The third-order valence-electron chi connectivity index (χ3n) is 6.47. The molecule has 0 N–H and O–H groups in total. The number of hydrogen-bond donors (Lipinski definition) is 0. The molecule has 0 unspecified atom stereocenters. The van der Waals surface area contributed by atoms with E-state index in [0.29, 0.717) is 22.1 Å². The lowest BCUT2D eigenvalue weighted by molar-refractivity contribution is -0.140. The maximum atomic E-state index is 14.5. The third-order valence-corrected chi connectivity index (χ3v) is 6.70. The number of hydrogen-bond acceptors (Lipinski definition) is 2. The van der Waals surface area contributed by atoms with Crippen molar-refractivity contribution in [3.8, 4) is 28.0 Å². The highest BCUT2D eigenvalue weighted by atomic mass is 35.5. The Labute approximate surface area is 230 Å². The van der Waals surface area contributed by atoms with Crippen molar-refractivity contribution in [1.82, 2.24) is 4.98 Å². The average molecular weight is 572 g/mol. The van der Waals surface area contributed by atoms with Crippen molar-refractivity contribution in [2.75, 3.05) is 0 Å². The van der Waals surface area contributed by atoms with Gasteiger partial charge < -0.3 is 4.74 Å². The van der Waals surface area contributed by atoms with Crippen molar-refractivity contribution in [2.24, 2.45) is 0 Å². The lowest BCUT2D eigenvalue weighted by Gasteiger charge is -2.21. The summed E-state index contributed by atoms with van der Waals surface area (Å²) in [6, 6.07) is 22.7. The zero-order valence-electron chi connectivity index (χ0n) is 20.9. The van der Waals surface area contributed by atoms with Crippen LogP contribution in [0.4, 0.5) is 26.3 Å². The Morgan fingerprint density at radius 2 is 1.48 bits per heavy atom. The molecule has 0 bridgehead atoms. The molecule has 0 fully saturated rings. The van der Waals surface area contributed by atoms with Crippen molar-refractivity contribution < 1.29 is 31.1 Å². The molecule has 204 valence electrons. The molecule has 5 aromatic rings. The number of fused-ring (bicyclic) bond motifs is 1. The zero-order valence-corrected chi connectivity index (χ0v) is 21.6. The van der Waals surface area contributed by atoms with E-state index in [2.05, 4.69) is 4.98 Å². The molecule has 9 heteroatoms. The van der Waals surface area contributed by atoms with Crippen LogP contribution in [0.2, 0.25) is 5.02 Å². The molecule has 0 aliphatic carbocycles. The number of halogens is 7. The molecule has 1 aromatic heterocycles. The van der Waals surface area contributed by atoms with Crippen molar-refractivity contribution in [3.63, 3.8) is 0 Å². The summed E-state index contributed by atoms with van der Waals surface area (Å²) >= 11 is 5.93. The Bertz CT molecular complexity index is 1710. The van der Waals surface area contributed by atoms with Gasteiger partial charge in [-0.05, 0) is 60.0 Å².